The van der Waals surface area contributed by atoms with Crippen molar-refractivity contribution in [1.82, 2.24) is 19.6 Å². The largest absolute Gasteiger partial charge is 0.493 e. The van der Waals surface area contributed by atoms with Crippen LogP contribution in [0.2, 0.25) is 0 Å². The fourth-order valence-electron chi connectivity index (χ4n) is 1.08. The average Bonchev–Trinajstić information content (AvgIpc) is 2.64. The highest BCUT2D eigenvalue weighted by Crippen LogP contribution is 2.18. The van der Waals surface area contributed by atoms with E-state index in [0.717, 1.165) is 11.8 Å². The van der Waals surface area contributed by atoms with Gasteiger partial charge < -0.3 is 10.2 Å². The fraction of sp³-hybridized carbons (Fsp3) is 0.250. The monoisotopic (exact) mass is 240 g/mol. The summed E-state index contributed by atoms with van der Waals surface area (Å²) >= 11 is 0.975. The van der Waals surface area contributed by atoms with E-state index in [9.17, 15) is 9.90 Å². The summed E-state index contributed by atoms with van der Waals surface area (Å²) in [6.07, 6.45) is 1.48. The van der Waals surface area contributed by atoms with Crippen LogP contribution in [0.25, 0.3) is 5.78 Å². The zero-order valence-corrected chi connectivity index (χ0v) is 9.10. The first kappa shape index (κ1) is 10.7. The smallest absolute Gasteiger partial charge is 0.313 e. The summed E-state index contributed by atoms with van der Waals surface area (Å²) in [6.45, 7) is 1.69. The summed E-state index contributed by atoms with van der Waals surface area (Å²) in [5, 5.41) is 22.4. The van der Waals surface area contributed by atoms with E-state index in [-0.39, 0.29) is 22.6 Å². The fourth-order valence-corrected chi connectivity index (χ4v) is 1.62. The predicted molar refractivity (Wildman–Crippen MR) is 55.5 cm³/mol. The highest BCUT2D eigenvalue weighted by molar-refractivity contribution is 7.99. The number of aryl methyl sites for hydroxylation is 1. The summed E-state index contributed by atoms with van der Waals surface area (Å²) in [5.41, 5.74) is 0.576. The van der Waals surface area contributed by atoms with Crippen LogP contribution in [0.3, 0.4) is 0 Å². The number of carboxylic acid groups (broad SMARTS) is 1. The van der Waals surface area contributed by atoms with Gasteiger partial charge in [-0.3, -0.25) is 4.79 Å². The van der Waals surface area contributed by atoms with Gasteiger partial charge in [-0.05, 0) is 6.92 Å². The Labute approximate surface area is 94.1 Å². The summed E-state index contributed by atoms with van der Waals surface area (Å²) in [4.78, 5) is 18.3. The summed E-state index contributed by atoms with van der Waals surface area (Å²) in [6, 6.07) is 0. The van der Waals surface area contributed by atoms with Crippen molar-refractivity contribution < 1.29 is 15.0 Å². The van der Waals surface area contributed by atoms with Gasteiger partial charge in [0.1, 0.15) is 0 Å². The molecule has 0 aliphatic carbocycles. The molecule has 0 unspecified atom stereocenters. The molecule has 2 N–H and O–H groups in total. The van der Waals surface area contributed by atoms with Crippen LogP contribution in [0.4, 0.5) is 0 Å². The van der Waals surface area contributed by atoms with E-state index in [1.54, 1.807) is 6.92 Å². The highest BCUT2D eigenvalue weighted by atomic mass is 32.2. The van der Waals surface area contributed by atoms with Crippen molar-refractivity contribution in [2.45, 2.75) is 12.1 Å². The Kier molecular flexibility index (Phi) is 2.65. The van der Waals surface area contributed by atoms with Crippen molar-refractivity contribution in [2.75, 3.05) is 5.75 Å². The van der Waals surface area contributed by atoms with E-state index in [0.29, 0.717) is 5.56 Å². The van der Waals surface area contributed by atoms with Gasteiger partial charge in [-0.1, -0.05) is 11.8 Å². The van der Waals surface area contributed by atoms with Gasteiger partial charge in [0.2, 0.25) is 11.0 Å². The molecule has 84 valence electrons. The molecule has 8 heteroatoms. The molecule has 0 spiro atoms. The van der Waals surface area contributed by atoms with Gasteiger partial charge in [0.15, 0.2) is 0 Å². The number of nitrogens with zero attached hydrogens (tertiary/aromatic N) is 4. The summed E-state index contributed by atoms with van der Waals surface area (Å²) in [5.74, 6) is -0.871. The van der Waals surface area contributed by atoms with Crippen LogP contribution in [0, 0.1) is 6.92 Å². The van der Waals surface area contributed by atoms with Crippen molar-refractivity contribution in [3.05, 3.63) is 11.8 Å². The van der Waals surface area contributed by atoms with Crippen LogP contribution in [0.1, 0.15) is 5.56 Å². The molecule has 16 heavy (non-hydrogen) atoms. The second-order valence-corrected chi connectivity index (χ2v) is 4.00. The first-order chi connectivity index (χ1) is 7.58. The van der Waals surface area contributed by atoms with Crippen LogP contribution < -0.4 is 0 Å². The second kappa shape index (κ2) is 3.97. The molecule has 2 rings (SSSR count). The number of hydrogen-bond acceptors (Lipinski definition) is 6. The Morgan fingerprint density at radius 3 is 3.06 bits per heavy atom. The molecule has 0 aromatic carbocycles. The lowest BCUT2D eigenvalue weighted by Gasteiger charge is -1.97. The minimum Gasteiger partial charge on any atom is -0.493 e. The molecule has 0 saturated carbocycles. The Balaban J connectivity index is 2.36. The number of hydrogen-bond donors (Lipinski definition) is 2. The maximum absolute atomic E-state index is 10.4. The Morgan fingerprint density at radius 1 is 1.62 bits per heavy atom. The van der Waals surface area contributed by atoms with Crippen LogP contribution in [0.5, 0.6) is 5.88 Å². The third kappa shape index (κ3) is 1.91. The molecule has 0 saturated heterocycles. The number of thioether (sulfide) groups is 1. The number of aliphatic carboxylic acids is 1. The number of aromatic nitrogens is 4. The first-order valence-corrected chi connectivity index (χ1v) is 5.32. The molecule has 0 bridgehead atoms. The topological polar surface area (TPSA) is 101 Å². The maximum Gasteiger partial charge on any atom is 0.313 e. The van der Waals surface area contributed by atoms with E-state index < -0.39 is 5.97 Å². The van der Waals surface area contributed by atoms with Gasteiger partial charge in [-0.25, -0.2) is 4.98 Å². The molecule has 0 amide bonds. The first-order valence-electron chi connectivity index (χ1n) is 4.34. The predicted octanol–water partition coefficient (Wildman–Crippen LogP) is 0.315. The van der Waals surface area contributed by atoms with Crippen LogP contribution in [0.15, 0.2) is 11.4 Å². The molecule has 2 aromatic heterocycles. The Bertz CT molecular complexity index is 553. The van der Waals surface area contributed by atoms with Crippen molar-refractivity contribution >= 4 is 23.5 Å². The van der Waals surface area contributed by atoms with Crippen molar-refractivity contribution in [1.29, 1.82) is 0 Å². The van der Waals surface area contributed by atoms with E-state index in [2.05, 4.69) is 15.1 Å². The average molecular weight is 240 g/mol. The standard InChI is InChI=1S/C8H8N4O3S/c1-4-2-9-7-10-8(16-3-5(13)14)11-12(7)6(4)15/h2,15H,3H2,1H3,(H,13,14). The van der Waals surface area contributed by atoms with Crippen LogP contribution in [-0.4, -0.2) is 41.5 Å². The van der Waals surface area contributed by atoms with Crippen LogP contribution >= 0.6 is 11.8 Å². The number of carboxylic acids is 1. The number of rotatable bonds is 3. The SMILES string of the molecule is Cc1cnc2nc(SCC(=O)O)nn2c1O. The molecular weight excluding hydrogens is 232 g/mol. The van der Waals surface area contributed by atoms with Crippen molar-refractivity contribution in [3.8, 4) is 5.88 Å². The van der Waals surface area contributed by atoms with Crippen LogP contribution in [-0.2, 0) is 4.79 Å². The van der Waals surface area contributed by atoms with Gasteiger partial charge in [0, 0.05) is 11.8 Å². The van der Waals surface area contributed by atoms with Gasteiger partial charge in [-0.15, -0.1) is 5.10 Å². The maximum atomic E-state index is 10.4. The van der Waals surface area contributed by atoms with Gasteiger partial charge in [0.25, 0.3) is 5.78 Å². The lowest BCUT2D eigenvalue weighted by Crippen LogP contribution is -1.98. The van der Waals surface area contributed by atoms with E-state index in [4.69, 9.17) is 5.11 Å². The number of aromatic hydroxyl groups is 1. The Hall–Kier alpha value is -1.83. The lowest BCUT2D eigenvalue weighted by atomic mass is 10.4. The van der Waals surface area contributed by atoms with Gasteiger partial charge in [0.05, 0.1) is 5.75 Å². The van der Waals surface area contributed by atoms with E-state index >= 15 is 0 Å². The third-order valence-corrected chi connectivity index (χ3v) is 2.64. The lowest BCUT2D eigenvalue weighted by molar-refractivity contribution is -0.133. The summed E-state index contributed by atoms with van der Waals surface area (Å²) in [7, 11) is 0. The molecule has 0 fully saturated rings. The number of fused-ring (bicyclic) bond motifs is 1. The molecular formula is C8H8N4O3S. The molecule has 7 nitrogen and oxygen atoms in total. The quantitative estimate of drug-likeness (QED) is 0.745. The van der Waals surface area contributed by atoms with Gasteiger partial charge in [-0.2, -0.15) is 9.50 Å². The molecule has 2 aromatic rings. The van der Waals surface area contributed by atoms with Crippen molar-refractivity contribution in [3.63, 3.8) is 0 Å². The zero-order valence-electron chi connectivity index (χ0n) is 8.28. The minimum absolute atomic E-state index is 0.0420. The minimum atomic E-state index is -0.947. The summed E-state index contributed by atoms with van der Waals surface area (Å²) < 4.78 is 1.18. The Morgan fingerprint density at radius 2 is 2.38 bits per heavy atom. The molecule has 0 radical (unpaired) electrons. The second-order valence-electron chi connectivity index (χ2n) is 3.05. The highest BCUT2D eigenvalue weighted by Gasteiger charge is 2.11. The number of carbonyl (C=O) groups is 1. The van der Waals surface area contributed by atoms with Gasteiger partial charge >= 0.3 is 5.97 Å². The van der Waals surface area contributed by atoms with E-state index in [1.807, 2.05) is 0 Å². The molecule has 0 aliphatic heterocycles. The normalized spacial score (nSPS) is 10.8. The van der Waals surface area contributed by atoms with E-state index in [1.165, 1.54) is 10.7 Å². The zero-order chi connectivity index (χ0) is 11.7. The van der Waals surface area contributed by atoms with Crippen molar-refractivity contribution in [2.24, 2.45) is 0 Å². The molecule has 0 aliphatic rings. The third-order valence-electron chi connectivity index (χ3n) is 1.82. The molecule has 0 atom stereocenters. The molecule has 2 heterocycles.